The lowest BCUT2D eigenvalue weighted by atomic mass is 9.90. The highest BCUT2D eigenvalue weighted by atomic mass is 32.1. The lowest BCUT2D eigenvalue weighted by molar-refractivity contribution is -0.147. The van der Waals surface area contributed by atoms with E-state index >= 15 is 0 Å². The number of aliphatic carboxylic acids is 1. The molecule has 1 aromatic heterocycles. The largest absolute Gasteiger partial charge is 0.481 e. The summed E-state index contributed by atoms with van der Waals surface area (Å²) >= 11 is 1.57. The van der Waals surface area contributed by atoms with Gasteiger partial charge in [-0.3, -0.25) is 9.59 Å². The average Bonchev–Trinajstić information content (AvgIpc) is 3.03. The van der Waals surface area contributed by atoms with E-state index in [1.807, 2.05) is 0 Å². The zero-order valence-corrected chi connectivity index (χ0v) is 14.2. The molecule has 6 heteroatoms. The Labute approximate surface area is 134 Å². The lowest BCUT2D eigenvalue weighted by Crippen LogP contribution is -2.34. The molecule has 1 atom stereocenters. The minimum Gasteiger partial charge on any atom is -0.481 e. The Hall–Kier alpha value is -1.69. The summed E-state index contributed by atoms with van der Waals surface area (Å²) in [6.45, 7) is 8.73. The predicted molar refractivity (Wildman–Crippen MR) is 86.8 cm³/mol. The van der Waals surface area contributed by atoms with Gasteiger partial charge in [-0.1, -0.05) is 20.8 Å². The lowest BCUT2D eigenvalue weighted by Gasteiger charge is -2.18. The minimum atomic E-state index is -0.843. The molecule has 1 aromatic rings. The zero-order valence-electron chi connectivity index (χ0n) is 13.4. The number of hydrogen-bond donors (Lipinski definition) is 1. The van der Waals surface area contributed by atoms with Crippen LogP contribution in [0.4, 0.5) is 0 Å². The van der Waals surface area contributed by atoms with Crippen molar-refractivity contribution < 1.29 is 14.7 Å². The molecule has 1 aliphatic heterocycles. The second kappa shape index (κ2) is 5.83. The van der Waals surface area contributed by atoms with Gasteiger partial charge >= 0.3 is 5.97 Å². The summed E-state index contributed by atoms with van der Waals surface area (Å²) in [5.41, 5.74) is -0.827. The molecule has 0 aromatic carbocycles. The summed E-state index contributed by atoms with van der Waals surface area (Å²) in [4.78, 5) is 30.3. The van der Waals surface area contributed by atoms with Crippen LogP contribution in [0.1, 0.15) is 44.0 Å². The molecule has 0 bridgehead atoms. The van der Waals surface area contributed by atoms with Gasteiger partial charge in [-0.25, -0.2) is 4.98 Å². The Kier molecular flexibility index (Phi) is 4.42. The molecular weight excluding hydrogens is 300 g/mol. The number of carbonyl (C=O) groups is 2. The third-order valence-corrected chi connectivity index (χ3v) is 5.24. The van der Waals surface area contributed by atoms with E-state index in [1.165, 1.54) is 6.08 Å². The summed E-state index contributed by atoms with van der Waals surface area (Å²) in [7, 11) is 0. The molecule has 0 aliphatic carbocycles. The van der Waals surface area contributed by atoms with Gasteiger partial charge in [-0.05, 0) is 19.4 Å². The number of aromatic nitrogens is 1. The average molecular weight is 322 g/mol. The van der Waals surface area contributed by atoms with Crippen LogP contribution in [0, 0.1) is 5.41 Å². The van der Waals surface area contributed by atoms with Gasteiger partial charge in [0.2, 0.25) is 5.91 Å². The van der Waals surface area contributed by atoms with Gasteiger partial charge in [-0.2, -0.15) is 0 Å². The molecule has 2 heterocycles. The van der Waals surface area contributed by atoms with Crippen molar-refractivity contribution in [1.82, 2.24) is 9.88 Å². The number of amides is 1. The van der Waals surface area contributed by atoms with Crippen molar-refractivity contribution in [2.45, 2.75) is 39.5 Å². The van der Waals surface area contributed by atoms with Crippen LogP contribution in [-0.2, 0) is 15.0 Å². The number of hydrogen-bond acceptors (Lipinski definition) is 4. The summed E-state index contributed by atoms with van der Waals surface area (Å²) in [5.74, 6) is -0.986. The molecule has 5 nitrogen and oxygen atoms in total. The summed E-state index contributed by atoms with van der Waals surface area (Å²) in [5, 5.41) is 10.2. The first-order chi connectivity index (χ1) is 10.1. The fourth-order valence-electron chi connectivity index (χ4n) is 2.29. The van der Waals surface area contributed by atoms with E-state index in [0.29, 0.717) is 13.0 Å². The molecule has 0 saturated carbocycles. The minimum absolute atomic E-state index is 0.000973. The van der Waals surface area contributed by atoms with Crippen molar-refractivity contribution in [3.8, 4) is 0 Å². The molecule has 0 radical (unpaired) electrons. The number of carboxylic acid groups (broad SMARTS) is 1. The van der Waals surface area contributed by atoms with Crippen LogP contribution in [0.2, 0.25) is 0 Å². The molecule has 1 unspecified atom stereocenters. The highest BCUT2D eigenvalue weighted by Crippen LogP contribution is 2.30. The Bertz CT molecular complexity index is 615. The van der Waals surface area contributed by atoms with Crippen LogP contribution < -0.4 is 0 Å². The second-order valence-corrected chi connectivity index (χ2v) is 8.09. The van der Waals surface area contributed by atoms with E-state index in [2.05, 4.69) is 25.8 Å². The maximum absolute atomic E-state index is 12.2. The van der Waals surface area contributed by atoms with Crippen molar-refractivity contribution in [3.63, 3.8) is 0 Å². The number of thiazole rings is 1. The van der Waals surface area contributed by atoms with Gasteiger partial charge in [0.05, 0.1) is 10.4 Å². The predicted octanol–water partition coefficient (Wildman–Crippen LogP) is 2.78. The SMILES string of the molecule is CC1(C(=O)O)CCN(C(=O)C=Cc2cnc(C(C)(C)C)s2)C1. The van der Waals surface area contributed by atoms with E-state index < -0.39 is 11.4 Å². The van der Waals surface area contributed by atoms with Crippen LogP contribution in [0.25, 0.3) is 6.08 Å². The first kappa shape index (κ1) is 16.7. The van der Waals surface area contributed by atoms with Crippen LogP contribution >= 0.6 is 11.3 Å². The molecular formula is C16H22N2O3S. The molecule has 2 rings (SSSR count). The van der Waals surface area contributed by atoms with Crippen LogP contribution in [0.5, 0.6) is 0 Å². The fraction of sp³-hybridized carbons (Fsp3) is 0.562. The van der Waals surface area contributed by atoms with Crippen LogP contribution in [0.3, 0.4) is 0 Å². The Balaban J connectivity index is 2.01. The first-order valence-electron chi connectivity index (χ1n) is 7.28. The van der Waals surface area contributed by atoms with Gasteiger partial charge in [0.1, 0.15) is 0 Å². The normalized spacial score (nSPS) is 22.5. The van der Waals surface area contributed by atoms with E-state index in [4.69, 9.17) is 0 Å². The Morgan fingerprint density at radius 3 is 2.64 bits per heavy atom. The number of carboxylic acids is 1. The molecule has 1 amide bonds. The Morgan fingerprint density at radius 1 is 1.45 bits per heavy atom. The molecule has 1 fully saturated rings. The third-order valence-electron chi connectivity index (χ3n) is 3.86. The maximum Gasteiger partial charge on any atom is 0.311 e. The van der Waals surface area contributed by atoms with Crippen LogP contribution in [-0.4, -0.2) is 40.0 Å². The zero-order chi connectivity index (χ0) is 16.5. The highest BCUT2D eigenvalue weighted by molar-refractivity contribution is 7.12. The topological polar surface area (TPSA) is 70.5 Å². The second-order valence-electron chi connectivity index (χ2n) is 7.03. The number of rotatable bonds is 3. The van der Waals surface area contributed by atoms with Crippen molar-refractivity contribution in [3.05, 3.63) is 22.2 Å². The van der Waals surface area contributed by atoms with E-state index in [-0.39, 0.29) is 17.9 Å². The Morgan fingerprint density at radius 2 is 2.14 bits per heavy atom. The van der Waals surface area contributed by atoms with Crippen molar-refractivity contribution >= 4 is 29.3 Å². The van der Waals surface area contributed by atoms with Crippen molar-refractivity contribution in [2.24, 2.45) is 5.41 Å². The molecule has 1 saturated heterocycles. The fourth-order valence-corrected chi connectivity index (χ4v) is 3.17. The number of carbonyl (C=O) groups excluding carboxylic acids is 1. The van der Waals surface area contributed by atoms with Crippen molar-refractivity contribution in [1.29, 1.82) is 0 Å². The smallest absolute Gasteiger partial charge is 0.311 e. The third kappa shape index (κ3) is 3.55. The quantitative estimate of drug-likeness (QED) is 0.869. The van der Waals surface area contributed by atoms with E-state index in [1.54, 1.807) is 35.4 Å². The summed E-state index contributed by atoms with van der Waals surface area (Å²) in [6.07, 6.45) is 5.52. The van der Waals surface area contributed by atoms with Gasteiger partial charge in [0.25, 0.3) is 0 Å². The van der Waals surface area contributed by atoms with E-state index in [9.17, 15) is 14.7 Å². The van der Waals surface area contributed by atoms with Gasteiger partial charge in [0, 0.05) is 35.7 Å². The van der Waals surface area contributed by atoms with Gasteiger partial charge in [-0.15, -0.1) is 11.3 Å². The number of nitrogens with zero attached hydrogens (tertiary/aromatic N) is 2. The standard InChI is InChI=1S/C16H22N2O3S/c1-15(2,3)13-17-9-11(22-13)5-6-12(19)18-8-7-16(4,10-18)14(20)21/h5-6,9H,7-8,10H2,1-4H3,(H,20,21). The molecule has 22 heavy (non-hydrogen) atoms. The summed E-state index contributed by atoms with van der Waals surface area (Å²) in [6, 6.07) is 0. The van der Waals surface area contributed by atoms with E-state index in [0.717, 1.165) is 9.88 Å². The molecule has 0 spiro atoms. The summed E-state index contributed by atoms with van der Waals surface area (Å²) < 4.78 is 0. The van der Waals surface area contributed by atoms with Crippen LogP contribution in [0.15, 0.2) is 12.3 Å². The highest BCUT2D eigenvalue weighted by Gasteiger charge is 2.41. The number of likely N-dealkylation sites (tertiary alicyclic amines) is 1. The van der Waals surface area contributed by atoms with Gasteiger partial charge in [0.15, 0.2) is 0 Å². The maximum atomic E-state index is 12.2. The monoisotopic (exact) mass is 322 g/mol. The molecule has 1 N–H and O–H groups in total. The first-order valence-corrected chi connectivity index (χ1v) is 8.10. The molecule has 120 valence electrons. The molecule has 1 aliphatic rings. The van der Waals surface area contributed by atoms with Crippen molar-refractivity contribution in [2.75, 3.05) is 13.1 Å². The van der Waals surface area contributed by atoms with Gasteiger partial charge < -0.3 is 10.0 Å².